The van der Waals surface area contributed by atoms with Crippen LogP contribution in [-0.4, -0.2) is 37.1 Å². The van der Waals surface area contributed by atoms with Gasteiger partial charge in [-0.25, -0.2) is 0 Å². The van der Waals surface area contributed by atoms with Crippen molar-refractivity contribution >= 4 is 0 Å². The van der Waals surface area contributed by atoms with Gasteiger partial charge in [-0.3, -0.25) is 4.90 Å². The molecule has 0 unspecified atom stereocenters. The van der Waals surface area contributed by atoms with Crippen LogP contribution in [0.4, 0.5) is 0 Å². The van der Waals surface area contributed by atoms with E-state index >= 15 is 0 Å². The van der Waals surface area contributed by atoms with Gasteiger partial charge in [-0.05, 0) is 24.7 Å². The minimum atomic E-state index is 0.427. The van der Waals surface area contributed by atoms with Gasteiger partial charge in [0.05, 0.1) is 6.54 Å². The van der Waals surface area contributed by atoms with Crippen molar-refractivity contribution in [1.29, 1.82) is 0 Å². The molecular weight excluding hydrogens is 196 g/mol. The molecule has 1 heterocycles. The van der Waals surface area contributed by atoms with E-state index in [2.05, 4.69) is 36.9 Å². The topological polar surface area (TPSA) is 15.3 Å². The van der Waals surface area contributed by atoms with Crippen molar-refractivity contribution < 1.29 is 0 Å². The lowest BCUT2D eigenvalue weighted by atomic mass is 9.89. The smallest absolute Gasteiger partial charge is 0.0598 e. The molecule has 92 valence electrons. The summed E-state index contributed by atoms with van der Waals surface area (Å²) in [6.45, 7) is 11.2. The van der Waals surface area contributed by atoms with Crippen LogP contribution in [0.3, 0.4) is 0 Å². The SMILES string of the molecule is C#CCN1CCC(NCC(C)(C)CC)CC1. The zero-order chi connectivity index (χ0) is 12.0. The lowest BCUT2D eigenvalue weighted by Gasteiger charge is -2.33. The third kappa shape index (κ3) is 4.55. The minimum absolute atomic E-state index is 0.427. The molecule has 1 aliphatic rings. The molecule has 1 rings (SSSR count). The van der Waals surface area contributed by atoms with Crippen molar-refractivity contribution in [3.8, 4) is 12.3 Å². The van der Waals surface area contributed by atoms with Crippen LogP contribution in [0.2, 0.25) is 0 Å². The normalized spacial score (nSPS) is 19.6. The Kier molecular flexibility index (Phi) is 5.31. The number of hydrogen-bond acceptors (Lipinski definition) is 2. The predicted octanol–water partition coefficient (Wildman–Crippen LogP) is 2.11. The molecular formula is C14H26N2. The van der Waals surface area contributed by atoms with Gasteiger partial charge in [0, 0.05) is 25.7 Å². The van der Waals surface area contributed by atoms with Crippen LogP contribution in [0.1, 0.15) is 40.0 Å². The fraction of sp³-hybridized carbons (Fsp3) is 0.857. The van der Waals surface area contributed by atoms with Gasteiger partial charge in [0.15, 0.2) is 0 Å². The molecule has 0 atom stereocenters. The molecule has 0 aromatic rings. The van der Waals surface area contributed by atoms with Crippen LogP contribution in [0.5, 0.6) is 0 Å². The first-order valence-corrected chi connectivity index (χ1v) is 6.46. The van der Waals surface area contributed by atoms with E-state index in [0.29, 0.717) is 11.5 Å². The van der Waals surface area contributed by atoms with E-state index in [1.807, 2.05) is 0 Å². The summed E-state index contributed by atoms with van der Waals surface area (Å²) in [7, 11) is 0. The number of nitrogens with one attached hydrogen (secondary N) is 1. The molecule has 0 aliphatic carbocycles. The number of hydrogen-bond donors (Lipinski definition) is 1. The van der Waals surface area contributed by atoms with E-state index in [9.17, 15) is 0 Å². The third-order valence-electron chi connectivity index (χ3n) is 3.73. The second-order valence-electron chi connectivity index (χ2n) is 5.65. The van der Waals surface area contributed by atoms with E-state index in [4.69, 9.17) is 6.42 Å². The Morgan fingerprint density at radius 2 is 2.00 bits per heavy atom. The fourth-order valence-corrected chi connectivity index (χ4v) is 1.97. The summed E-state index contributed by atoms with van der Waals surface area (Å²) < 4.78 is 0. The van der Waals surface area contributed by atoms with Crippen molar-refractivity contribution in [2.45, 2.75) is 46.1 Å². The van der Waals surface area contributed by atoms with Gasteiger partial charge in [-0.1, -0.05) is 26.7 Å². The molecule has 0 spiro atoms. The molecule has 0 radical (unpaired) electrons. The molecule has 16 heavy (non-hydrogen) atoms. The van der Waals surface area contributed by atoms with E-state index in [1.165, 1.54) is 19.3 Å². The number of rotatable bonds is 5. The van der Waals surface area contributed by atoms with Gasteiger partial charge in [-0.15, -0.1) is 6.42 Å². The predicted molar refractivity (Wildman–Crippen MR) is 70.4 cm³/mol. The average Bonchev–Trinajstić information content (AvgIpc) is 2.29. The van der Waals surface area contributed by atoms with E-state index in [1.54, 1.807) is 0 Å². The van der Waals surface area contributed by atoms with Crippen LogP contribution in [0.25, 0.3) is 0 Å². The van der Waals surface area contributed by atoms with E-state index in [-0.39, 0.29) is 0 Å². The van der Waals surface area contributed by atoms with Crippen molar-refractivity contribution in [3.05, 3.63) is 0 Å². The molecule has 0 saturated carbocycles. The fourth-order valence-electron chi connectivity index (χ4n) is 1.97. The Hall–Kier alpha value is -0.520. The summed E-state index contributed by atoms with van der Waals surface area (Å²) >= 11 is 0. The van der Waals surface area contributed by atoms with Crippen LogP contribution >= 0.6 is 0 Å². The van der Waals surface area contributed by atoms with Gasteiger partial charge in [0.1, 0.15) is 0 Å². The summed E-state index contributed by atoms with van der Waals surface area (Å²) in [5, 5.41) is 3.70. The van der Waals surface area contributed by atoms with E-state index < -0.39 is 0 Å². The second-order valence-corrected chi connectivity index (χ2v) is 5.65. The van der Waals surface area contributed by atoms with Gasteiger partial charge < -0.3 is 5.32 Å². The lowest BCUT2D eigenvalue weighted by molar-refractivity contribution is 0.203. The van der Waals surface area contributed by atoms with Crippen LogP contribution in [0, 0.1) is 17.8 Å². The Labute approximate surface area is 101 Å². The monoisotopic (exact) mass is 222 g/mol. The summed E-state index contributed by atoms with van der Waals surface area (Å²) in [6, 6.07) is 0.694. The summed E-state index contributed by atoms with van der Waals surface area (Å²) in [5.41, 5.74) is 0.427. The third-order valence-corrected chi connectivity index (χ3v) is 3.73. The number of piperidine rings is 1. The maximum atomic E-state index is 5.32. The summed E-state index contributed by atoms with van der Waals surface area (Å²) in [4.78, 5) is 2.36. The average molecular weight is 222 g/mol. The van der Waals surface area contributed by atoms with Crippen molar-refractivity contribution in [3.63, 3.8) is 0 Å². The highest BCUT2D eigenvalue weighted by Gasteiger charge is 2.21. The quantitative estimate of drug-likeness (QED) is 0.717. The molecule has 1 aliphatic heterocycles. The van der Waals surface area contributed by atoms with Crippen molar-refractivity contribution in [2.75, 3.05) is 26.2 Å². The summed E-state index contributed by atoms with van der Waals surface area (Å²) in [6.07, 6.45) is 9.03. The van der Waals surface area contributed by atoms with Gasteiger partial charge >= 0.3 is 0 Å². The maximum absolute atomic E-state index is 5.32. The molecule has 0 amide bonds. The molecule has 2 heteroatoms. The highest BCUT2D eigenvalue weighted by Crippen LogP contribution is 2.19. The zero-order valence-corrected chi connectivity index (χ0v) is 11.1. The largest absolute Gasteiger partial charge is 0.313 e. The van der Waals surface area contributed by atoms with Crippen LogP contribution in [-0.2, 0) is 0 Å². The molecule has 0 bridgehead atoms. The Morgan fingerprint density at radius 3 is 2.50 bits per heavy atom. The number of likely N-dealkylation sites (tertiary alicyclic amines) is 1. The maximum Gasteiger partial charge on any atom is 0.0598 e. The first kappa shape index (κ1) is 13.5. The van der Waals surface area contributed by atoms with Crippen LogP contribution < -0.4 is 5.32 Å². The summed E-state index contributed by atoms with van der Waals surface area (Å²) in [5.74, 6) is 2.72. The van der Waals surface area contributed by atoms with Gasteiger partial charge in [-0.2, -0.15) is 0 Å². The lowest BCUT2D eigenvalue weighted by Crippen LogP contribution is -2.45. The van der Waals surface area contributed by atoms with Crippen molar-refractivity contribution in [2.24, 2.45) is 5.41 Å². The molecule has 0 aromatic carbocycles. The molecule has 1 N–H and O–H groups in total. The zero-order valence-electron chi connectivity index (χ0n) is 11.1. The first-order valence-electron chi connectivity index (χ1n) is 6.46. The first-order chi connectivity index (χ1) is 7.57. The number of terminal acetylenes is 1. The van der Waals surface area contributed by atoms with Crippen molar-refractivity contribution in [1.82, 2.24) is 10.2 Å². The van der Waals surface area contributed by atoms with Gasteiger partial charge in [0.2, 0.25) is 0 Å². The highest BCUT2D eigenvalue weighted by atomic mass is 15.1. The minimum Gasteiger partial charge on any atom is -0.313 e. The molecule has 2 nitrogen and oxygen atoms in total. The van der Waals surface area contributed by atoms with Gasteiger partial charge in [0.25, 0.3) is 0 Å². The van der Waals surface area contributed by atoms with Crippen LogP contribution in [0.15, 0.2) is 0 Å². The Bertz CT molecular complexity index is 232. The second kappa shape index (κ2) is 6.27. The molecule has 0 aromatic heterocycles. The molecule has 1 saturated heterocycles. The standard InChI is InChI=1S/C14H26N2/c1-5-9-16-10-7-13(8-11-16)15-12-14(3,4)6-2/h1,13,15H,6-12H2,2-4H3. The van der Waals surface area contributed by atoms with E-state index in [0.717, 1.165) is 26.2 Å². The molecule has 1 fully saturated rings. The Balaban J connectivity index is 2.20. The number of nitrogens with zero attached hydrogens (tertiary/aromatic N) is 1. The highest BCUT2D eigenvalue weighted by molar-refractivity contribution is 4.90. The Morgan fingerprint density at radius 1 is 1.38 bits per heavy atom.